The van der Waals surface area contributed by atoms with Gasteiger partial charge >= 0.3 is 5.69 Å². The topological polar surface area (TPSA) is 118 Å². The number of nitro groups is 1. The summed E-state index contributed by atoms with van der Waals surface area (Å²) in [6.45, 7) is 3.74. The first kappa shape index (κ1) is 16.4. The Hall–Kier alpha value is -1.94. The molecule has 2 N–H and O–H groups in total. The predicted molar refractivity (Wildman–Crippen MR) is 84.2 cm³/mol. The molecular weight excluding hydrogens is 328 g/mol. The largest absolute Gasteiger partial charge is 0.368 e. The van der Waals surface area contributed by atoms with Gasteiger partial charge in [-0.1, -0.05) is 11.3 Å². The highest BCUT2D eigenvalue weighted by atomic mass is 32.2. The van der Waals surface area contributed by atoms with E-state index in [1.165, 1.54) is 0 Å². The second-order valence-electron chi connectivity index (χ2n) is 5.10. The van der Waals surface area contributed by atoms with Crippen molar-refractivity contribution in [1.29, 1.82) is 0 Å². The van der Waals surface area contributed by atoms with Crippen LogP contribution in [-0.4, -0.2) is 35.8 Å². The number of nitrogens with zero attached hydrogens (tertiary/aromatic N) is 2. The maximum Gasteiger partial charge on any atom is 0.304 e. The van der Waals surface area contributed by atoms with E-state index in [2.05, 4.69) is 15.5 Å². The fraction of sp³-hybridized carbons (Fsp3) is 0.417. The molecule has 2 aromatic heterocycles. The van der Waals surface area contributed by atoms with E-state index in [4.69, 9.17) is 0 Å². The van der Waals surface area contributed by atoms with Crippen LogP contribution >= 0.6 is 11.3 Å². The quantitative estimate of drug-likeness (QED) is 0.612. The second kappa shape index (κ2) is 6.05. The maximum absolute atomic E-state index is 11.5. The summed E-state index contributed by atoms with van der Waals surface area (Å²) in [6.07, 6.45) is 1.59. The molecule has 0 radical (unpaired) electrons. The number of thiophene rings is 1. The Bertz CT molecular complexity index is 794. The predicted octanol–water partition coefficient (Wildman–Crippen LogP) is 2.13. The number of hydrogen-bond donors (Lipinski definition) is 2. The Morgan fingerprint density at radius 2 is 2.18 bits per heavy atom. The fourth-order valence-electron chi connectivity index (χ4n) is 1.95. The first-order valence-electron chi connectivity index (χ1n) is 6.42. The van der Waals surface area contributed by atoms with Crippen molar-refractivity contribution in [2.24, 2.45) is 0 Å². The van der Waals surface area contributed by atoms with E-state index < -0.39 is 14.8 Å². The van der Waals surface area contributed by atoms with Crippen LogP contribution in [0.1, 0.15) is 18.3 Å². The molecule has 2 aromatic rings. The summed E-state index contributed by atoms with van der Waals surface area (Å²) >= 11 is 0.870. The highest BCUT2D eigenvalue weighted by molar-refractivity contribution is 7.92. The molecule has 0 fully saturated rings. The van der Waals surface area contributed by atoms with Gasteiger partial charge in [0, 0.05) is 30.5 Å². The molecular formula is C12H16N4O4S2. The highest BCUT2D eigenvalue weighted by Gasteiger charge is 2.24. The number of H-pyrrole nitrogens is 1. The van der Waals surface area contributed by atoms with Gasteiger partial charge in [0.2, 0.25) is 0 Å². The number of aromatic amines is 1. The van der Waals surface area contributed by atoms with Crippen molar-refractivity contribution in [2.75, 3.05) is 11.6 Å². The number of rotatable bonds is 6. The molecule has 0 aliphatic carbocycles. The zero-order chi connectivity index (χ0) is 16.5. The van der Waals surface area contributed by atoms with Crippen LogP contribution in [0.15, 0.2) is 16.3 Å². The second-order valence-corrected chi connectivity index (χ2v) is 8.40. The molecule has 0 unspecified atom stereocenters. The van der Waals surface area contributed by atoms with Crippen LogP contribution in [-0.2, 0) is 16.3 Å². The van der Waals surface area contributed by atoms with Crippen LogP contribution in [0.2, 0.25) is 0 Å². The molecule has 0 spiro atoms. The zero-order valence-corrected chi connectivity index (χ0v) is 13.9. The molecule has 0 aromatic carbocycles. The number of anilines is 1. The van der Waals surface area contributed by atoms with Crippen molar-refractivity contribution >= 4 is 31.9 Å². The third-order valence-corrected chi connectivity index (χ3v) is 5.76. The molecule has 8 nitrogen and oxygen atoms in total. The van der Waals surface area contributed by atoms with Crippen LogP contribution in [0.25, 0.3) is 0 Å². The van der Waals surface area contributed by atoms with E-state index in [9.17, 15) is 18.5 Å². The van der Waals surface area contributed by atoms with Gasteiger partial charge in [0.1, 0.15) is 4.21 Å². The van der Waals surface area contributed by atoms with E-state index in [1.807, 2.05) is 19.9 Å². The van der Waals surface area contributed by atoms with E-state index in [1.54, 1.807) is 0 Å². The first-order chi connectivity index (χ1) is 10.2. The summed E-state index contributed by atoms with van der Waals surface area (Å²) in [5, 5.41) is 21.2. The van der Waals surface area contributed by atoms with Gasteiger partial charge in [-0.25, -0.2) is 8.42 Å². The Morgan fingerprint density at radius 3 is 2.68 bits per heavy atom. The third-order valence-electron chi connectivity index (χ3n) is 2.90. The molecule has 120 valence electrons. The Kier molecular flexibility index (Phi) is 4.52. The van der Waals surface area contributed by atoms with Crippen molar-refractivity contribution in [3.05, 3.63) is 33.6 Å². The number of sulfone groups is 1. The standard InChI is InChI=1S/C12H16N4O4S2/c1-7(4-9-5-8(2)14-15-9)13-12-10(16(17)18)6-11(21-12)22(3,19)20/h5-7,13H,4H2,1-3H3,(H,14,15)/t7-/m0/s1. The minimum Gasteiger partial charge on any atom is -0.368 e. The van der Waals surface area contributed by atoms with Gasteiger partial charge in [-0.05, 0) is 19.9 Å². The molecule has 0 aliphatic rings. The zero-order valence-electron chi connectivity index (χ0n) is 12.3. The molecule has 0 aliphatic heterocycles. The minimum absolute atomic E-state index is 0.0236. The van der Waals surface area contributed by atoms with Gasteiger partial charge < -0.3 is 5.32 Å². The third kappa shape index (κ3) is 3.83. The highest BCUT2D eigenvalue weighted by Crippen LogP contribution is 2.37. The summed E-state index contributed by atoms with van der Waals surface area (Å²) in [7, 11) is -3.47. The average Bonchev–Trinajstić information content (AvgIpc) is 2.95. The smallest absolute Gasteiger partial charge is 0.304 e. The normalized spacial score (nSPS) is 13.0. The van der Waals surface area contributed by atoms with Crippen LogP contribution < -0.4 is 5.32 Å². The lowest BCUT2D eigenvalue weighted by Gasteiger charge is -2.11. The van der Waals surface area contributed by atoms with Gasteiger partial charge in [0.15, 0.2) is 14.8 Å². The lowest BCUT2D eigenvalue weighted by molar-refractivity contribution is -0.383. The fourth-order valence-corrected chi connectivity index (χ4v) is 4.00. The van der Waals surface area contributed by atoms with Crippen LogP contribution in [0.4, 0.5) is 10.7 Å². The lowest BCUT2D eigenvalue weighted by Crippen LogP contribution is -2.18. The minimum atomic E-state index is -3.47. The Morgan fingerprint density at radius 1 is 1.50 bits per heavy atom. The van der Waals surface area contributed by atoms with Gasteiger partial charge in [0.25, 0.3) is 0 Å². The molecule has 0 saturated carbocycles. The Labute approximate surface area is 131 Å². The molecule has 0 bridgehead atoms. The molecule has 2 rings (SSSR count). The van der Waals surface area contributed by atoms with Crippen molar-refractivity contribution in [3.63, 3.8) is 0 Å². The Balaban J connectivity index is 2.20. The first-order valence-corrected chi connectivity index (χ1v) is 9.13. The molecule has 0 saturated heterocycles. The van der Waals surface area contributed by atoms with Crippen molar-refractivity contribution in [1.82, 2.24) is 10.2 Å². The molecule has 22 heavy (non-hydrogen) atoms. The summed E-state index contributed by atoms with van der Waals surface area (Å²) in [5.41, 5.74) is 1.54. The van der Waals surface area contributed by atoms with Gasteiger partial charge in [0.05, 0.1) is 10.6 Å². The van der Waals surface area contributed by atoms with Gasteiger partial charge in [-0.15, -0.1) is 0 Å². The molecule has 0 amide bonds. The van der Waals surface area contributed by atoms with Gasteiger partial charge in [-0.3, -0.25) is 15.2 Å². The van der Waals surface area contributed by atoms with Crippen molar-refractivity contribution < 1.29 is 13.3 Å². The summed E-state index contributed by atoms with van der Waals surface area (Å²) < 4.78 is 23.1. The van der Waals surface area contributed by atoms with Gasteiger partial charge in [-0.2, -0.15) is 5.10 Å². The maximum atomic E-state index is 11.5. The van der Waals surface area contributed by atoms with Crippen molar-refractivity contribution in [2.45, 2.75) is 30.5 Å². The molecule has 2 heterocycles. The number of aromatic nitrogens is 2. The van der Waals surface area contributed by atoms with Crippen LogP contribution in [0.3, 0.4) is 0 Å². The summed E-state index contributed by atoms with van der Waals surface area (Å²) in [4.78, 5) is 10.5. The molecule has 1 atom stereocenters. The summed E-state index contributed by atoms with van der Waals surface area (Å²) in [6, 6.07) is 2.85. The van der Waals surface area contributed by atoms with E-state index in [-0.39, 0.29) is 20.9 Å². The molecule has 10 heteroatoms. The monoisotopic (exact) mass is 344 g/mol. The van der Waals surface area contributed by atoms with E-state index >= 15 is 0 Å². The number of hydrogen-bond acceptors (Lipinski definition) is 7. The van der Waals surface area contributed by atoms with Crippen LogP contribution in [0.5, 0.6) is 0 Å². The van der Waals surface area contributed by atoms with Crippen molar-refractivity contribution in [3.8, 4) is 0 Å². The average molecular weight is 344 g/mol. The summed E-state index contributed by atoms with van der Waals surface area (Å²) in [5.74, 6) is 0. The SMILES string of the molecule is Cc1cc(C[C@H](C)Nc2sc(S(C)(=O)=O)cc2[N+](=O)[O-])n[nH]1. The lowest BCUT2D eigenvalue weighted by atomic mass is 10.2. The van der Waals surface area contributed by atoms with E-state index in [0.29, 0.717) is 6.42 Å². The van der Waals surface area contributed by atoms with E-state index in [0.717, 1.165) is 35.0 Å². The van der Waals surface area contributed by atoms with Crippen LogP contribution in [0, 0.1) is 17.0 Å². The number of aryl methyl sites for hydroxylation is 1. The number of nitrogens with one attached hydrogen (secondary N) is 2.